The molecule has 0 aliphatic heterocycles. The van der Waals surface area contributed by atoms with Crippen molar-refractivity contribution in [2.24, 2.45) is 0 Å². The summed E-state index contributed by atoms with van der Waals surface area (Å²) in [4.78, 5) is 10.8. The summed E-state index contributed by atoms with van der Waals surface area (Å²) in [6.45, 7) is 3.93. The van der Waals surface area contributed by atoms with Crippen molar-refractivity contribution in [2.75, 3.05) is 0 Å². The largest absolute Gasteiger partial charge is 0.480 e. The molecule has 0 radical (unpaired) electrons. The van der Waals surface area contributed by atoms with Gasteiger partial charge in [0.05, 0.1) is 0 Å². The molecule has 0 amide bonds. The van der Waals surface area contributed by atoms with Crippen LogP contribution < -0.4 is 0 Å². The van der Waals surface area contributed by atoms with E-state index < -0.39 is 10.7 Å². The van der Waals surface area contributed by atoms with Crippen molar-refractivity contribution >= 4 is 18.6 Å². The summed E-state index contributed by atoms with van der Waals surface area (Å²) in [6.07, 6.45) is 13.4. The molecular formula is C15H30O2S. The maximum atomic E-state index is 10.8. The molecule has 0 aliphatic rings. The number of carbonyl (C=O) groups is 1. The first-order valence-electron chi connectivity index (χ1n) is 7.46. The minimum atomic E-state index is -0.847. The van der Waals surface area contributed by atoms with Crippen LogP contribution in [0.15, 0.2) is 0 Å². The van der Waals surface area contributed by atoms with E-state index in [0.29, 0.717) is 6.42 Å². The molecule has 0 spiro atoms. The summed E-state index contributed by atoms with van der Waals surface area (Å²) >= 11 is 4.17. The number of unbranched alkanes of at least 4 members (excludes halogenated alkanes) is 9. The highest BCUT2D eigenvalue weighted by atomic mass is 32.1. The molecule has 0 bridgehead atoms. The number of carboxylic acid groups (broad SMARTS) is 1. The van der Waals surface area contributed by atoms with Crippen LogP contribution in [-0.2, 0) is 4.79 Å². The van der Waals surface area contributed by atoms with Crippen molar-refractivity contribution in [3.8, 4) is 0 Å². The smallest absolute Gasteiger partial charge is 0.319 e. The van der Waals surface area contributed by atoms with E-state index in [1.54, 1.807) is 6.92 Å². The van der Waals surface area contributed by atoms with E-state index in [9.17, 15) is 4.79 Å². The Morgan fingerprint density at radius 2 is 1.33 bits per heavy atom. The zero-order valence-corrected chi connectivity index (χ0v) is 13.0. The van der Waals surface area contributed by atoms with Crippen LogP contribution in [0.1, 0.15) is 84.5 Å². The normalized spacial score (nSPS) is 14.4. The topological polar surface area (TPSA) is 37.3 Å². The Morgan fingerprint density at radius 3 is 1.72 bits per heavy atom. The molecule has 0 rings (SSSR count). The minimum Gasteiger partial charge on any atom is -0.480 e. The highest BCUT2D eigenvalue weighted by Gasteiger charge is 2.27. The van der Waals surface area contributed by atoms with Gasteiger partial charge in [0, 0.05) is 0 Å². The Kier molecular flexibility index (Phi) is 10.6. The second-order valence-electron chi connectivity index (χ2n) is 5.51. The van der Waals surface area contributed by atoms with Crippen molar-refractivity contribution in [3.63, 3.8) is 0 Å². The average Bonchev–Trinajstić information content (AvgIpc) is 2.31. The van der Waals surface area contributed by atoms with Gasteiger partial charge < -0.3 is 5.11 Å². The molecule has 0 saturated heterocycles. The predicted octanol–water partition coefficient (Wildman–Crippen LogP) is 5.07. The van der Waals surface area contributed by atoms with Crippen LogP contribution in [0.25, 0.3) is 0 Å². The molecule has 1 N–H and O–H groups in total. The molecule has 0 fully saturated rings. The van der Waals surface area contributed by atoms with Gasteiger partial charge in [-0.15, -0.1) is 0 Å². The van der Waals surface area contributed by atoms with Crippen molar-refractivity contribution in [1.29, 1.82) is 0 Å². The van der Waals surface area contributed by atoms with Crippen LogP contribution in [0, 0.1) is 0 Å². The Morgan fingerprint density at radius 1 is 0.944 bits per heavy atom. The maximum absolute atomic E-state index is 10.8. The molecule has 108 valence electrons. The lowest BCUT2D eigenvalue weighted by Gasteiger charge is -2.17. The number of rotatable bonds is 12. The lowest BCUT2D eigenvalue weighted by atomic mass is 10.0. The number of thiol groups is 1. The van der Waals surface area contributed by atoms with Crippen LogP contribution in [0.5, 0.6) is 0 Å². The van der Waals surface area contributed by atoms with Crippen LogP contribution in [-0.4, -0.2) is 15.8 Å². The second-order valence-corrected chi connectivity index (χ2v) is 6.50. The molecule has 3 heteroatoms. The molecule has 0 heterocycles. The van der Waals surface area contributed by atoms with Crippen LogP contribution in [0.4, 0.5) is 0 Å². The van der Waals surface area contributed by atoms with Gasteiger partial charge in [-0.2, -0.15) is 12.6 Å². The summed E-state index contributed by atoms with van der Waals surface area (Å²) in [5.74, 6) is -0.804. The van der Waals surface area contributed by atoms with Crippen molar-refractivity contribution in [2.45, 2.75) is 89.2 Å². The molecule has 18 heavy (non-hydrogen) atoms. The van der Waals surface area contributed by atoms with E-state index in [2.05, 4.69) is 19.6 Å². The van der Waals surface area contributed by atoms with Crippen molar-refractivity contribution in [1.82, 2.24) is 0 Å². The summed E-state index contributed by atoms with van der Waals surface area (Å²) in [7, 11) is 0. The Labute approximate surface area is 118 Å². The van der Waals surface area contributed by atoms with E-state index >= 15 is 0 Å². The molecule has 1 unspecified atom stereocenters. The molecule has 0 aromatic carbocycles. The fourth-order valence-electron chi connectivity index (χ4n) is 2.06. The summed E-state index contributed by atoms with van der Waals surface area (Å²) < 4.78 is -0.847. The van der Waals surface area contributed by atoms with Gasteiger partial charge in [0.1, 0.15) is 4.75 Å². The molecule has 2 nitrogen and oxygen atoms in total. The average molecular weight is 274 g/mol. The van der Waals surface area contributed by atoms with Crippen LogP contribution in [0.3, 0.4) is 0 Å². The number of carboxylic acids is 1. The van der Waals surface area contributed by atoms with Gasteiger partial charge in [0.2, 0.25) is 0 Å². The number of hydrogen-bond acceptors (Lipinski definition) is 2. The van der Waals surface area contributed by atoms with E-state index in [4.69, 9.17) is 5.11 Å². The van der Waals surface area contributed by atoms with Crippen LogP contribution >= 0.6 is 12.6 Å². The second kappa shape index (κ2) is 10.7. The van der Waals surface area contributed by atoms with E-state index in [1.807, 2.05) is 0 Å². The van der Waals surface area contributed by atoms with E-state index in [-0.39, 0.29) is 0 Å². The Hall–Kier alpha value is -0.180. The maximum Gasteiger partial charge on any atom is 0.319 e. The lowest BCUT2D eigenvalue weighted by Crippen LogP contribution is -2.28. The highest BCUT2D eigenvalue weighted by Crippen LogP contribution is 2.22. The summed E-state index contributed by atoms with van der Waals surface area (Å²) in [5, 5.41) is 8.91. The van der Waals surface area contributed by atoms with Crippen molar-refractivity contribution in [3.05, 3.63) is 0 Å². The molecule has 0 aromatic heterocycles. The first-order chi connectivity index (χ1) is 8.50. The third kappa shape index (κ3) is 9.81. The van der Waals surface area contributed by atoms with Gasteiger partial charge in [-0.1, -0.05) is 71.1 Å². The zero-order chi connectivity index (χ0) is 13.9. The quantitative estimate of drug-likeness (QED) is 0.385. The van der Waals surface area contributed by atoms with Gasteiger partial charge in [0.25, 0.3) is 0 Å². The Bertz CT molecular complexity index is 215. The third-order valence-electron chi connectivity index (χ3n) is 3.48. The fraction of sp³-hybridized carbons (Fsp3) is 0.933. The fourth-order valence-corrected chi connectivity index (χ4v) is 2.22. The van der Waals surface area contributed by atoms with Gasteiger partial charge in [0.15, 0.2) is 0 Å². The SMILES string of the molecule is CCCCCCCCCCCCC(C)(S)C(=O)O. The Balaban J connectivity index is 3.24. The minimum absolute atomic E-state index is 0.669. The number of aliphatic carboxylic acids is 1. The van der Waals surface area contributed by atoms with Gasteiger partial charge in [-0.05, 0) is 13.3 Å². The van der Waals surface area contributed by atoms with E-state index in [0.717, 1.165) is 12.8 Å². The first-order valence-corrected chi connectivity index (χ1v) is 7.91. The van der Waals surface area contributed by atoms with Crippen molar-refractivity contribution < 1.29 is 9.90 Å². The zero-order valence-electron chi connectivity index (χ0n) is 12.1. The first kappa shape index (κ1) is 17.8. The summed E-state index contributed by atoms with van der Waals surface area (Å²) in [5.41, 5.74) is 0. The van der Waals surface area contributed by atoms with Gasteiger partial charge in [-0.25, -0.2) is 0 Å². The van der Waals surface area contributed by atoms with Gasteiger partial charge >= 0.3 is 5.97 Å². The number of hydrogen-bond donors (Lipinski definition) is 2. The standard InChI is InChI=1S/C15H30O2S/c1-3-4-5-6-7-8-9-10-11-12-13-15(2,18)14(16)17/h18H,3-13H2,1-2H3,(H,16,17). The van der Waals surface area contributed by atoms with Gasteiger partial charge in [-0.3, -0.25) is 4.79 Å². The summed E-state index contributed by atoms with van der Waals surface area (Å²) in [6, 6.07) is 0. The molecule has 0 aliphatic carbocycles. The molecule has 0 aromatic rings. The van der Waals surface area contributed by atoms with E-state index in [1.165, 1.54) is 51.4 Å². The molecule has 1 atom stereocenters. The lowest BCUT2D eigenvalue weighted by molar-refractivity contribution is -0.139. The monoisotopic (exact) mass is 274 g/mol. The highest BCUT2D eigenvalue weighted by molar-refractivity contribution is 7.82. The predicted molar refractivity (Wildman–Crippen MR) is 81.5 cm³/mol. The molecule has 0 saturated carbocycles. The van der Waals surface area contributed by atoms with Crippen LogP contribution in [0.2, 0.25) is 0 Å². The molecular weight excluding hydrogens is 244 g/mol. The third-order valence-corrected chi connectivity index (χ3v) is 3.89.